The first-order valence-electron chi connectivity index (χ1n) is 10.7. The second kappa shape index (κ2) is 8.81. The number of benzene rings is 3. The van der Waals surface area contributed by atoms with Gasteiger partial charge in [0.15, 0.2) is 0 Å². The number of carbonyl (C=O) groups is 1. The van der Waals surface area contributed by atoms with E-state index in [-0.39, 0.29) is 5.97 Å². The Morgan fingerprint density at radius 2 is 1.61 bits per heavy atom. The number of hydrogen-bond donors (Lipinski definition) is 0. The van der Waals surface area contributed by atoms with Crippen molar-refractivity contribution >= 4 is 5.97 Å². The molecule has 0 fully saturated rings. The van der Waals surface area contributed by atoms with Crippen molar-refractivity contribution in [2.75, 3.05) is 13.2 Å². The van der Waals surface area contributed by atoms with E-state index in [1.54, 1.807) is 6.92 Å². The first-order chi connectivity index (χ1) is 15.0. The lowest BCUT2D eigenvalue weighted by Gasteiger charge is -2.16. The molecule has 0 bridgehead atoms. The van der Waals surface area contributed by atoms with Gasteiger partial charge in [-0.2, -0.15) is 0 Å². The van der Waals surface area contributed by atoms with Gasteiger partial charge in [-0.3, -0.25) is 0 Å². The lowest BCUT2D eigenvalue weighted by molar-refractivity contribution is -0.139. The molecule has 3 heteroatoms. The van der Waals surface area contributed by atoms with E-state index >= 15 is 0 Å². The molecule has 0 aromatic heterocycles. The Kier molecular flexibility index (Phi) is 5.94. The van der Waals surface area contributed by atoms with Crippen LogP contribution in [0.2, 0.25) is 0 Å². The van der Waals surface area contributed by atoms with Crippen LogP contribution in [0.3, 0.4) is 0 Å². The third-order valence-corrected chi connectivity index (χ3v) is 5.74. The lowest BCUT2D eigenvalue weighted by Crippen LogP contribution is -2.10. The maximum Gasteiger partial charge on any atom is 0.333 e. The molecule has 0 amide bonds. The maximum atomic E-state index is 11.4. The molecular formula is C28H28O3. The molecule has 1 aliphatic carbocycles. The zero-order chi connectivity index (χ0) is 22.0. The first-order valence-corrected chi connectivity index (χ1v) is 10.7. The zero-order valence-corrected chi connectivity index (χ0v) is 18.5. The number of rotatable bonds is 7. The Morgan fingerprint density at radius 3 is 2.35 bits per heavy atom. The number of fused-ring (bicyclic) bond motifs is 3. The fourth-order valence-corrected chi connectivity index (χ4v) is 4.28. The maximum absolute atomic E-state index is 11.4. The van der Waals surface area contributed by atoms with E-state index in [0.29, 0.717) is 25.2 Å². The molecular weight excluding hydrogens is 384 g/mol. The van der Waals surface area contributed by atoms with Gasteiger partial charge in [0, 0.05) is 12.0 Å². The third kappa shape index (κ3) is 4.27. The van der Waals surface area contributed by atoms with Crippen molar-refractivity contribution in [3.05, 3.63) is 89.0 Å². The molecule has 0 unspecified atom stereocenters. The molecule has 0 radical (unpaired) electrons. The number of hydrogen-bond acceptors (Lipinski definition) is 3. The molecule has 0 aliphatic heterocycles. The van der Waals surface area contributed by atoms with E-state index in [2.05, 4.69) is 75.0 Å². The Labute approximate surface area is 184 Å². The van der Waals surface area contributed by atoms with Gasteiger partial charge in [0.25, 0.3) is 0 Å². The minimum atomic E-state index is -0.353. The summed E-state index contributed by atoms with van der Waals surface area (Å²) in [6.07, 6.45) is 1.62. The fourth-order valence-electron chi connectivity index (χ4n) is 4.28. The topological polar surface area (TPSA) is 35.5 Å². The van der Waals surface area contributed by atoms with Gasteiger partial charge in [-0.05, 0) is 83.8 Å². The quantitative estimate of drug-likeness (QED) is 0.199. The van der Waals surface area contributed by atoms with Crippen molar-refractivity contribution in [3.8, 4) is 28.0 Å². The monoisotopic (exact) mass is 412 g/mol. The molecule has 3 nitrogen and oxygen atoms in total. The number of ether oxygens (including phenoxy) is 2. The summed E-state index contributed by atoms with van der Waals surface area (Å²) < 4.78 is 11.2. The number of carbonyl (C=O) groups excluding carboxylic acids is 1. The van der Waals surface area contributed by atoms with Crippen LogP contribution < -0.4 is 4.74 Å². The highest BCUT2D eigenvalue weighted by Gasteiger charge is 2.21. The molecule has 3 aromatic carbocycles. The molecule has 0 saturated carbocycles. The molecule has 31 heavy (non-hydrogen) atoms. The van der Waals surface area contributed by atoms with E-state index in [1.807, 2.05) is 0 Å². The fraction of sp³-hybridized carbons (Fsp3) is 0.250. The van der Waals surface area contributed by atoms with Crippen LogP contribution in [0.5, 0.6) is 5.75 Å². The Morgan fingerprint density at radius 1 is 0.935 bits per heavy atom. The van der Waals surface area contributed by atoms with Crippen molar-refractivity contribution in [2.24, 2.45) is 0 Å². The second-order valence-electron chi connectivity index (χ2n) is 8.22. The van der Waals surface area contributed by atoms with Gasteiger partial charge < -0.3 is 9.47 Å². The molecule has 0 N–H and O–H groups in total. The van der Waals surface area contributed by atoms with Crippen LogP contribution in [0, 0.1) is 13.8 Å². The normalized spacial score (nSPS) is 11.6. The second-order valence-corrected chi connectivity index (χ2v) is 8.22. The zero-order valence-electron chi connectivity index (χ0n) is 18.5. The highest BCUT2D eigenvalue weighted by molar-refractivity contribution is 5.87. The largest absolute Gasteiger partial charge is 0.493 e. The van der Waals surface area contributed by atoms with Gasteiger partial charge in [0.05, 0.1) is 13.2 Å². The van der Waals surface area contributed by atoms with Crippen molar-refractivity contribution < 1.29 is 14.3 Å². The third-order valence-electron chi connectivity index (χ3n) is 5.74. The smallest absolute Gasteiger partial charge is 0.333 e. The van der Waals surface area contributed by atoms with E-state index in [0.717, 1.165) is 23.3 Å². The average Bonchev–Trinajstić information content (AvgIpc) is 3.13. The van der Waals surface area contributed by atoms with Gasteiger partial charge >= 0.3 is 5.97 Å². The van der Waals surface area contributed by atoms with Gasteiger partial charge in [0.2, 0.25) is 0 Å². The van der Waals surface area contributed by atoms with E-state index in [9.17, 15) is 4.79 Å². The number of esters is 1. The lowest BCUT2D eigenvalue weighted by atomic mass is 9.93. The summed E-state index contributed by atoms with van der Waals surface area (Å²) in [6, 6.07) is 19.7. The summed E-state index contributed by atoms with van der Waals surface area (Å²) in [5, 5.41) is 0. The summed E-state index contributed by atoms with van der Waals surface area (Å²) in [5.41, 5.74) is 10.6. The molecule has 0 atom stereocenters. The van der Waals surface area contributed by atoms with Crippen molar-refractivity contribution in [2.45, 2.75) is 33.6 Å². The minimum absolute atomic E-state index is 0.332. The van der Waals surface area contributed by atoms with Crippen molar-refractivity contribution in [3.63, 3.8) is 0 Å². The predicted molar refractivity (Wildman–Crippen MR) is 125 cm³/mol. The summed E-state index contributed by atoms with van der Waals surface area (Å²) in [6.45, 7) is 10.2. The standard InChI is InChI=1S/C28H28O3/c1-18(2)28(29)31-14-8-13-30-27-19(3)15-22(16-20(27)4)24-11-7-12-25-23-10-6-5-9-21(23)17-26(24)25/h5-7,9-12,15-16H,1,8,13-14,17H2,2-4H3. The first kappa shape index (κ1) is 20.9. The summed E-state index contributed by atoms with van der Waals surface area (Å²) in [7, 11) is 0. The van der Waals surface area contributed by atoms with Crippen LogP contribution in [0.1, 0.15) is 35.6 Å². The van der Waals surface area contributed by atoms with E-state index in [1.165, 1.54) is 33.4 Å². The van der Waals surface area contributed by atoms with E-state index in [4.69, 9.17) is 9.47 Å². The molecule has 158 valence electrons. The Hall–Kier alpha value is -3.33. The van der Waals surface area contributed by atoms with Crippen LogP contribution in [-0.2, 0) is 16.0 Å². The Balaban J connectivity index is 1.50. The highest BCUT2D eigenvalue weighted by Crippen LogP contribution is 2.42. The van der Waals surface area contributed by atoms with Gasteiger partial charge in [-0.25, -0.2) is 4.79 Å². The molecule has 1 aliphatic rings. The SMILES string of the molecule is C=C(C)C(=O)OCCCOc1c(C)cc(-c2cccc3c2Cc2ccccc2-3)cc1C. The molecule has 0 spiro atoms. The molecule has 4 rings (SSSR count). The van der Waals surface area contributed by atoms with Crippen LogP contribution in [0.15, 0.2) is 66.7 Å². The summed E-state index contributed by atoms with van der Waals surface area (Å²) in [5.74, 6) is 0.556. The van der Waals surface area contributed by atoms with Gasteiger partial charge in [0.1, 0.15) is 5.75 Å². The Bertz CT molecular complexity index is 1130. The highest BCUT2D eigenvalue weighted by atomic mass is 16.5. The van der Waals surface area contributed by atoms with Gasteiger partial charge in [-0.15, -0.1) is 0 Å². The van der Waals surface area contributed by atoms with Crippen molar-refractivity contribution in [1.82, 2.24) is 0 Å². The molecule has 0 heterocycles. The summed E-state index contributed by atoms with van der Waals surface area (Å²) in [4.78, 5) is 11.4. The van der Waals surface area contributed by atoms with Crippen molar-refractivity contribution in [1.29, 1.82) is 0 Å². The van der Waals surface area contributed by atoms with Crippen LogP contribution in [0.4, 0.5) is 0 Å². The minimum Gasteiger partial charge on any atom is -0.493 e. The van der Waals surface area contributed by atoms with Gasteiger partial charge in [-0.1, -0.05) is 49.0 Å². The number of aryl methyl sites for hydroxylation is 2. The average molecular weight is 413 g/mol. The summed E-state index contributed by atoms with van der Waals surface area (Å²) >= 11 is 0. The van der Waals surface area contributed by atoms with Crippen LogP contribution >= 0.6 is 0 Å². The molecule has 3 aromatic rings. The predicted octanol–water partition coefficient (Wildman–Crippen LogP) is 6.43. The van der Waals surface area contributed by atoms with Crippen LogP contribution in [0.25, 0.3) is 22.3 Å². The van der Waals surface area contributed by atoms with E-state index < -0.39 is 0 Å². The molecule has 0 saturated heterocycles. The van der Waals surface area contributed by atoms with Crippen LogP contribution in [-0.4, -0.2) is 19.2 Å².